The normalized spacial score (nSPS) is 11.7. The zero-order valence-corrected chi connectivity index (χ0v) is 22.2. The van der Waals surface area contributed by atoms with E-state index in [1.165, 1.54) is 30.9 Å². The van der Waals surface area contributed by atoms with Crippen LogP contribution in [-0.2, 0) is 9.53 Å². The summed E-state index contributed by atoms with van der Waals surface area (Å²) in [4.78, 5) is 38.4. The van der Waals surface area contributed by atoms with Crippen LogP contribution in [0.3, 0.4) is 0 Å². The van der Waals surface area contributed by atoms with Crippen LogP contribution in [0.1, 0.15) is 11.5 Å². The number of nitrogens with zero attached hydrogens (tertiary/aromatic N) is 5. The van der Waals surface area contributed by atoms with E-state index < -0.39 is 6.09 Å². The van der Waals surface area contributed by atoms with Gasteiger partial charge >= 0.3 is 6.09 Å². The first-order valence-corrected chi connectivity index (χ1v) is 12.2. The van der Waals surface area contributed by atoms with E-state index in [-0.39, 0.29) is 12.5 Å². The molecule has 12 heteroatoms. The highest BCUT2D eigenvalue weighted by Crippen LogP contribution is 2.30. The van der Waals surface area contributed by atoms with Gasteiger partial charge in [-0.05, 0) is 48.7 Å². The third-order valence-electron chi connectivity index (χ3n) is 4.94. The first kappa shape index (κ1) is 27.4. The first-order chi connectivity index (χ1) is 17.7. The van der Waals surface area contributed by atoms with E-state index in [2.05, 4.69) is 15.1 Å². The van der Waals surface area contributed by atoms with Gasteiger partial charge in [-0.1, -0.05) is 5.16 Å². The monoisotopic (exact) mass is 525 g/mol. The van der Waals surface area contributed by atoms with E-state index in [0.29, 0.717) is 45.2 Å². The first-order valence-electron chi connectivity index (χ1n) is 11.0. The summed E-state index contributed by atoms with van der Waals surface area (Å²) in [6, 6.07) is 12.3. The predicted molar refractivity (Wildman–Crippen MR) is 141 cm³/mol. The number of ether oxygens (including phenoxy) is 3. The second-order valence-corrected chi connectivity index (χ2v) is 8.47. The van der Waals surface area contributed by atoms with Crippen molar-refractivity contribution >= 4 is 40.2 Å². The number of benzene rings is 2. The van der Waals surface area contributed by atoms with E-state index in [0.717, 1.165) is 5.56 Å². The molecule has 0 fully saturated rings. The van der Waals surface area contributed by atoms with Gasteiger partial charge < -0.3 is 23.6 Å². The molecule has 1 aromatic heterocycles. The SMILES string of the molecule is COC(=O)/N=C(SC)/C(=N/c1ccc(-c2noc(C)n2)cc1)c1ccc(OCC(=O)N(C)C)c(OC)c1. The van der Waals surface area contributed by atoms with Crippen molar-refractivity contribution in [2.75, 3.05) is 41.2 Å². The lowest BCUT2D eigenvalue weighted by molar-refractivity contribution is -0.130. The van der Waals surface area contributed by atoms with Crippen LogP contribution in [0.5, 0.6) is 11.5 Å². The molecule has 0 unspecified atom stereocenters. The van der Waals surface area contributed by atoms with Crippen molar-refractivity contribution in [1.82, 2.24) is 15.0 Å². The fraction of sp³-hybridized carbons (Fsp3) is 0.280. The summed E-state index contributed by atoms with van der Waals surface area (Å²) in [6.45, 7) is 1.58. The molecular weight excluding hydrogens is 498 g/mol. The molecule has 0 atom stereocenters. The molecule has 0 saturated carbocycles. The Hall–Kier alpha value is -4.19. The Labute approximate surface area is 218 Å². The van der Waals surface area contributed by atoms with Gasteiger partial charge in [0, 0.05) is 32.1 Å². The number of methoxy groups -OCH3 is 2. The van der Waals surface area contributed by atoms with Crippen LogP contribution in [0.4, 0.5) is 10.5 Å². The molecule has 2 amide bonds. The van der Waals surface area contributed by atoms with Crippen molar-refractivity contribution < 1.29 is 28.3 Å². The van der Waals surface area contributed by atoms with Crippen LogP contribution in [-0.4, -0.2) is 79.0 Å². The van der Waals surface area contributed by atoms with E-state index in [9.17, 15) is 9.59 Å². The molecule has 0 bridgehead atoms. The van der Waals surface area contributed by atoms with E-state index in [1.807, 2.05) is 12.1 Å². The van der Waals surface area contributed by atoms with Crippen LogP contribution in [0.25, 0.3) is 11.4 Å². The van der Waals surface area contributed by atoms with Crippen molar-refractivity contribution in [3.05, 3.63) is 53.9 Å². The van der Waals surface area contributed by atoms with Gasteiger partial charge in [-0.3, -0.25) is 4.79 Å². The lowest BCUT2D eigenvalue weighted by atomic mass is 10.1. The molecule has 3 rings (SSSR count). The number of rotatable bonds is 8. The van der Waals surface area contributed by atoms with Gasteiger partial charge in [-0.2, -0.15) is 9.98 Å². The second-order valence-electron chi connectivity index (χ2n) is 7.68. The second kappa shape index (κ2) is 12.7. The third-order valence-corrected chi connectivity index (χ3v) is 5.62. The number of aliphatic imine (C=N–C) groups is 2. The lowest BCUT2D eigenvalue weighted by Crippen LogP contribution is -2.27. The standard InChI is InChI=1S/C25H27N5O6S/c1-15-26-23(29-36-15)16-7-10-18(11-8-16)27-22(24(37-6)28-25(32)34-5)17-9-12-19(20(13-17)33-4)35-14-21(31)30(2)3/h7-13H,14H2,1-6H3/b27-22+,28-24-. The largest absolute Gasteiger partial charge is 0.493 e. The van der Waals surface area contributed by atoms with E-state index in [1.54, 1.807) is 57.6 Å². The number of aromatic nitrogens is 2. The molecule has 2 aromatic carbocycles. The summed E-state index contributed by atoms with van der Waals surface area (Å²) in [5.74, 6) is 1.52. The number of amides is 2. The highest BCUT2D eigenvalue weighted by molar-refractivity contribution is 8.15. The van der Waals surface area contributed by atoms with Gasteiger partial charge in [0.15, 0.2) is 18.1 Å². The predicted octanol–water partition coefficient (Wildman–Crippen LogP) is 4.17. The number of carbonyl (C=O) groups excluding carboxylic acids is 2. The molecule has 0 saturated heterocycles. The Balaban J connectivity index is 2.03. The fourth-order valence-electron chi connectivity index (χ4n) is 2.99. The average Bonchev–Trinajstić information content (AvgIpc) is 3.35. The van der Waals surface area contributed by atoms with Crippen LogP contribution in [0, 0.1) is 6.92 Å². The van der Waals surface area contributed by atoms with Crippen molar-refractivity contribution in [3.63, 3.8) is 0 Å². The molecule has 3 aromatic rings. The van der Waals surface area contributed by atoms with Crippen LogP contribution < -0.4 is 9.47 Å². The van der Waals surface area contributed by atoms with Crippen molar-refractivity contribution in [2.24, 2.45) is 9.98 Å². The molecule has 0 N–H and O–H groups in total. The highest BCUT2D eigenvalue weighted by atomic mass is 32.2. The van der Waals surface area contributed by atoms with Gasteiger partial charge in [0.1, 0.15) is 10.8 Å². The minimum absolute atomic E-state index is 0.143. The Morgan fingerprint density at radius 2 is 1.81 bits per heavy atom. The molecule has 0 radical (unpaired) electrons. The van der Waals surface area contributed by atoms with Gasteiger partial charge in [0.05, 0.1) is 19.9 Å². The average molecular weight is 526 g/mol. The van der Waals surface area contributed by atoms with Crippen LogP contribution in [0.2, 0.25) is 0 Å². The zero-order valence-electron chi connectivity index (χ0n) is 21.3. The summed E-state index contributed by atoms with van der Waals surface area (Å²) in [6.07, 6.45) is 1.02. The number of hydrogen-bond donors (Lipinski definition) is 0. The van der Waals surface area contributed by atoms with Gasteiger partial charge in [0.2, 0.25) is 11.7 Å². The van der Waals surface area contributed by atoms with Gasteiger partial charge in [-0.15, -0.1) is 11.8 Å². The number of aryl methyl sites for hydroxylation is 1. The molecular formula is C25H27N5O6S. The topological polar surface area (TPSA) is 129 Å². The zero-order chi connectivity index (χ0) is 26.9. The highest BCUT2D eigenvalue weighted by Gasteiger charge is 2.18. The maximum atomic E-state index is 12.0. The number of carbonyl (C=O) groups is 2. The van der Waals surface area contributed by atoms with Crippen molar-refractivity contribution in [1.29, 1.82) is 0 Å². The maximum absolute atomic E-state index is 12.0. The lowest BCUT2D eigenvalue weighted by Gasteiger charge is -2.15. The number of thioether (sulfide) groups is 1. The molecule has 194 valence electrons. The molecule has 0 spiro atoms. The Kier molecular flexibility index (Phi) is 9.39. The molecule has 0 aliphatic heterocycles. The van der Waals surface area contributed by atoms with Crippen molar-refractivity contribution in [2.45, 2.75) is 6.92 Å². The van der Waals surface area contributed by atoms with E-state index >= 15 is 0 Å². The molecule has 11 nitrogen and oxygen atoms in total. The van der Waals surface area contributed by atoms with Gasteiger partial charge in [0.25, 0.3) is 5.91 Å². The molecule has 0 aliphatic carbocycles. The van der Waals surface area contributed by atoms with Crippen LogP contribution in [0.15, 0.2) is 57.0 Å². The Morgan fingerprint density at radius 3 is 2.38 bits per heavy atom. The number of hydrogen-bond acceptors (Lipinski definition) is 10. The van der Waals surface area contributed by atoms with Gasteiger partial charge in [-0.25, -0.2) is 9.79 Å². The summed E-state index contributed by atoms with van der Waals surface area (Å²) in [7, 11) is 6.04. The summed E-state index contributed by atoms with van der Waals surface area (Å²) < 4.78 is 20.9. The van der Waals surface area contributed by atoms with Crippen LogP contribution >= 0.6 is 11.8 Å². The molecule has 0 aliphatic rings. The molecule has 37 heavy (non-hydrogen) atoms. The fourth-order valence-corrected chi connectivity index (χ4v) is 3.52. The Bertz CT molecular complexity index is 1320. The summed E-state index contributed by atoms with van der Waals surface area (Å²) in [5.41, 5.74) is 2.39. The van der Waals surface area contributed by atoms with Crippen molar-refractivity contribution in [3.8, 4) is 22.9 Å². The summed E-state index contributed by atoms with van der Waals surface area (Å²) in [5, 5.41) is 4.26. The maximum Gasteiger partial charge on any atom is 0.434 e. The minimum Gasteiger partial charge on any atom is -0.493 e. The smallest absolute Gasteiger partial charge is 0.434 e. The minimum atomic E-state index is -0.756. The Morgan fingerprint density at radius 1 is 1.08 bits per heavy atom. The van der Waals surface area contributed by atoms with E-state index in [4.69, 9.17) is 23.7 Å². The molecule has 1 heterocycles. The summed E-state index contributed by atoms with van der Waals surface area (Å²) >= 11 is 1.24. The quantitative estimate of drug-likeness (QED) is 0.314. The number of likely N-dealkylation sites (N-methyl/N-ethyl adjacent to an activating group) is 1. The third kappa shape index (κ3) is 7.17.